The van der Waals surface area contributed by atoms with Gasteiger partial charge in [0, 0.05) is 18.5 Å². The molecular formula is C12H16N2O3S. The Morgan fingerprint density at radius 1 is 1.50 bits per heavy atom. The number of ether oxygens (including phenoxy) is 1. The SMILES string of the molecule is CCOC(=O)C1CCN(C(=O)c2cscn2)CC1. The van der Waals surface area contributed by atoms with Crippen LogP contribution in [0.2, 0.25) is 0 Å². The monoisotopic (exact) mass is 268 g/mol. The smallest absolute Gasteiger partial charge is 0.309 e. The average Bonchev–Trinajstić information content (AvgIpc) is 2.92. The normalized spacial score (nSPS) is 16.6. The second-order valence-electron chi connectivity index (χ2n) is 4.19. The standard InChI is InChI=1S/C12H16N2O3S/c1-2-17-12(16)9-3-5-14(6-4-9)11(15)10-7-18-8-13-10/h7-9H,2-6H2,1H3. The van der Waals surface area contributed by atoms with Gasteiger partial charge in [0.25, 0.3) is 5.91 Å². The quantitative estimate of drug-likeness (QED) is 0.781. The molecule has 18 heavy (non-hydrogen) atoms. The van der Waals surface area contributed by atoms with E-state index in [1.54, 1.807) is 22.7 Å². The maximum absolute atomic E-state index is 12.0. The fourth-order valence-electron chi connectivity index (χ4n) is 2.06. The Kier molecular flexibility index (Phi) is 4.30. The molecule has 0 radical (unpaired) electrons. The molecule has 5 nitrogen and oxygen atoms in total. The van der Waals surface area contributed by atoms with Gasteiger partial charge in [0.2, 0.25) is 0 Å². The van der Waals surface area contributed by atoms with E-state index in [-0.39, 0.29) is 17.8 Å². The fourth-order valence-corrected chi connectivity index (χ4v) is 2.58. The van der Waals surface area contributed by atoms with Gasteiger partial charge in [-0.1, -0.05) is 0 Å². The van der Waals surface area contributed by atoms with Crippen molar-refractivity contribution in [3.05, 3.63) is 16.6 Å². The first-order valence-electron chi connectivity index (χ1n) is 6.06. The van der Waals surface area contributed by atoms with Crippen molar-refractivity contribution in [3.8, 4) is 0 Å². The molecule has 0 saturated carbocycles. The number of rotatable bonds is 3. The number of carbonyl (C=O) groups excluding carboxylic acids is 2. The van der Waals surface area contributed by atoms with Crippen LogP contribution in [0.15, 0.2) is 10.9 Å². The van der Waals surface area contributed by atoms with Crippen LogP contribution in [0.5, 0.6) is 0 Å². The van der Waals surface area contributed by atoms with Gasteiger partial charge in [0.05, 0.1) is 18.0 Å². The Labute approximate surface area is 110 Å². The first kappa shape index (κ1) is 13.0. The molecule has 1 saturated heterocycles. The minimum atomic E-state index is -0.141. The zero-order valence-corrected chi connectivity index (χ0v) is 11.1. The summed E-state index contributed by atoms with van der Waals surface area (Å²) in [6.07, 6.45) is 1.35. The Morgan fingerprint density at radius 2 is 2.22 bits per heavy atom. The van der Waals surface area contributed by atoms with Crippen molar-refractivity contribution in [2.45, 2.75) is 19.8 Å². The molecular weight excluding hydrogens is 252 g/mol. The largest absolute Gasteiger partial charge is 0.466 e. The van der Waals surface area contributed by atoms with Crippen LogP contribution >= 0.6 is 11.3 Å². The molecule has 0 N–H and O–H groups in total. The summed E-state index contributed by atoms with van der Waals surface area (Å²) in [6, 6.07) is 0. The number of hydrogen-bond donors (Lipinski definition) is 0. The van der Waals surface area contributed by atoms with Crippen molar-refractivity contribution < 1.29 is 14.3 Å². The van der Waals surface area contributed by atoms with Crippen LogP contribution in [-0.2, 0) is 9.53 Å². The van der Waals surface area contributed by atoms with Crippen LogP contribution in [0.1, 0.15) is 30.3 Å². The lowest BCUT2D eigenvalue weighted by atomic mass is 9.97. The average molecular weight is 268 g/mol. The molecule has 1 aliphatic rings. The Bertz CT molecular complexity index is 411. The maximum atomic E-state index is 12.0. The van der Waals surface area contributed by atoms with Crippen molar-refractivity contribution in [1.82, 2.24) is 9.88 Å². The lowest BCUT2D eigenvalue weighted by Gasteiger charge is -2.30. The van der Waals surface area contributed by atoms with Gasteiger partial charge in [-0.05, 0) is 19.8 Å². The number of piperidine rings is 1. The summed E-state index contributed by atoms with van der Waals surface area (Å²) in [7, 11) is 0. The van der Waals surface area contributed by atoms with Gasteiger partial charge < -0.3 is 9.64 Å². The summed E-state index contributed by atoms with van der Waals surface area (Å²) >= 11 is 1.41. The van der Waals surface area contributed by atoms with E-state index in [1.165, 1.54) is 11.3 Å². The van der Waals surface area contributed by atoms with Crippen LogP contribution in [0, 0.1) is 5.92 Å². The number of carbonyl (C=O) groups is 2. The van der Waals surface area contributed by atoms with E-state index in [0.717, 1.165) is 0 Å². The topological polar surface area (TPSA) is 59.5 Å². The lowest BCUT2D eigenvalue weighted by Crippen LogP contribution is -2.40. The zero-order chi connectivity index (χ0) is 13.0. The highest BCUT2D eigenvalue weighted by Gasteiger charge is 2.29. The summed E-state index contributed by atoms with van der Waals surface area (Å²) in [6.45, 7) is 3.41. The van der Waals surface area contributed by atoms with E-state index >= 15 is 0 Å². The van der Waals surface area contributed by atoms with Gasteiger partial charge in [-0.2, -0.15) is 0 Å². The molecule has 0 aromatic carbocycles. The number of amides is 1. The second kappa shape index (κ2) is 5.95. The predicted octanol–water partition coefficient (Wildman–Crippen LogP) is 1.56. The van der Waals surface area contributed by atoms with Crippen LogP contribution in [0.4, 0.5) is 0 Å². The Morgan fingerprint density at radius 3 is 2.78 bits per heavy atom. The van der Waals surface area contributed by atoms with Crippen LogP contribution in [-0.4, -0.2) is 41.5 Å². The molecule has 1 aliphatic heterocycles. The minimum absolute atomic E-state index is 0.0430. The van der Waals surface area contributed by atoms with Gasteiger partial charge in [-0.3, -0.25) is 9.59 Å². The molecule has 0 atom stereocenters. The molecule has 1 fully saturated rings. The molecule has 0 bridgehead atoms. The van der Waals surface area contributed by atoms with E-state index in [0.29, 0.717) is 38.2 Å². The molecule has 2 heterocycles. The van der Waals surface area contributed by atoms with Gasteiger partial charge >= 0.3 is 5.97 Å². The summed E-state index contributed by atoms with van der Waals surface area (Å²) in [4.78, 5) is 29.3. The molecule has 0 unspecified atom stereocenters. The van der Waals surface area contributed by atoms with Crippen molar-refractivity contribution in [1.29, 1.82) is 0 Å². The van der Waals surface area contributed by atoms with Crippen LogP contribution in [0.3, 0.4) is 0 Å². The number of hydrogen-bond acceptors (Lipinski definition) is 5. The molecule has 1 aromatic rings. The highest BCUT2D eigenvalue weighted by Crippen LogP contribution is 2.20. The summed E-state index contributed by atoms with van der Waals surface area (Å²) in [5, 5.41) is 1.75. The number of likely N-dealkylation sites (tertiary alicyclic amines) is 1. The van der Waals surface area contributed by atoms with E-state index in [1.807, 2.05) is 0 Å². The van der Waals surface area contributed by atoms with Crippen molar-refractivity contribution in [2.24, 2.45) is 5.92 Å². The molecule has 1 amide bonds. The van der Waals surface area contributed by atoms with E-state index in [9.17, 15) is 9.59 Å². The van der Waals surface area contributed by atoms with Crippen LogP contribution < -0.4 is 0 Å². The maximum Gasteiger partial charge on any atom is 0.309 e. The first-order valence-corrected chi connectivity index (χ1v) is 7.00. The summed E-state index contributed by atoms with van der Waals surface area (Å²) < 4.78 is 5.00. The second-order valence-corrected chi connectivity index (χ2v) is 4.91. The number of nitrogens with zero attached hydrogens (tertiary/aromatic N) is 2. The van der Waals surface area contributed by atoms with Gasteiger partial charge in [-0.15, -0.1) is 11.3 Å². The van der Waals surface area contributed by atoms with Crippen molar-refractivity contribution >= 4 is 23.2 Å². The zero-order valence-electron chi connectivity index (χ0n) is 10.3. The number of aromatic nitrogens is 1. The predicted molar refractivity (Wildman–Crippen MR) is 67.4 cm³/mol. The van der Waals surface area contributed by atoms with Crippen LogP contribution in [0.25, 0.3) is 0 Å². The highest BCUT2D eigenvalue weighted by molar-refractivity contribution is 7.07. The molecule has 6 heteroatoms. The third-order valence-corrected chi connectivity index (χ3v) is 3.64. The molecule has 0 aliphatic carbocycles. The van der Waals surface area contributed by atoms with Crippen molar-refractivity contribution in [3.63, 3.8) is 0 Å². The van der Waals surface area contributed by atoms with E-state index < -0.39 is 0 Å². The minimum Gasteiger partial charge on any atom is -0.466 e. The molecule has 98 valence electrons. The number of thiazole rings is 1. The molecule has 0 spiro atoms. The highest BCUT2D eigenvalue weighted by atomic mass is 32.1. The lowest BCUT2D eigenvalue weighted by molar-refractivity contribution is -0.149. The van der Waals surface area contributed by atoms with Crippen molar-refractivity contribution in [2.75, 3.05) is 19.7 Å². The van der Waals surface area contributed by atoms with E-state index in [2.05, 4.69) is 4.98 Å². The summed E-state index contributed by atoms with van der Waals surface area (Å²) in [5.74, 6) is -0.249. The Balaban J connectivity index is 1.87. The summed E-state index contributed by atoms with van der Waals surface area (Å²) in [5.41, 5.74) is 2.15. The number of esters is 1. The molecule has 2 rings (SSSR count). The van der Waals surface area contributed by atoms with E-state index in [4.69, 9.17) is 4.74 Å². The van der Waals surface area contributed by atoms with Gasteiger partial charge in [0.15, 0.2) is 0 Å². The van der Waals surface area contributed by atoms with Gasteiger partial charge in [-0.25, -0.2) is 4.98 Å². The Hall–Kier alpha value is -1.43. The third-order valence-electron chi connectivity index (χ3n) is 3.05. The van der Waals surface area contributed by atoms with Gasteiger partial charge in [0.1, 0.15) is 5.69 Å². The first-order chi connectivity index (χ1) is 8.72. The third kappa shape index (κ3) is 2.87. The fraction of sp³-hybridized carbons (Fsp3) is 0.583. The molecule has 1 aromatic heterocycles.